The molecule has 0 aliphatic carbocycles. The summed E-state index contributed by atoms with van der Waals surface area (Å²) in [4.78, 5) is 31.0. The van der Waals surface area contributed by atoms with Crippen molar-refractivity contribution in [2.24, 2.45) is 5.92 Å². The highest BCUT2D eigenvalue weighted by Crippen LogP contribution is 2.29. The molecule has 2 aromatic rings. The van der Waals surface area contributed by atoms with Gasteiger partial charge in [-0.1, -0.05) is 18.2 Å². The van der Waals surface area contributed by atoms with Crippen LogP contribution >= 0.6 is 0 Å². The fourth-order valence-electron chi connectivity index (χ4n) is 3.79. The number of pyridine rings is 1. The van der Waals surface area contributed by atoms with Gasteiger partial charge in [-0.05, 0) is 42.7 Å². The van der Waals surface area contributed by atoms with Crippen LogP contribution in [0.4, 0.5) is 0 Å². The van der Waals surface area contributed by atoms with Gasteiger partial charge in [0.15, 0.2) is 0 Å². The van der Waals surface area contributed by atoms with Crippen molar-refractivity contribution in [1.82, 2.24) is 15.2 Å². The molecule has 6 nitrogen and oxygen atoms in total. The molecule has 3 rings (SSSR count). The highest BCUT2D eigenvalue weighted by molar-refractivity contribution is 5.79. The zero-order valence-corrected chi connectivity index (χ0v) is 16.4. The zero-order valence-electron chi connectivity index (χ0n) is 16.4. The molecule has 0 bridgehead atoms. The summed E-state index contributed by atoms with van der Waals surface area (Å²) < 4.78 is 5.24. The Kier molecular flexibility index (Phi) is 6.63. The monoisotopic (exact) mass is 381 g/mol. The number of methoxy groups -OCH3 is 1. The number of nitrogens with zero attached hydrogens (tertiary/aromatic N) is 2. The SMILES string of the molecule is COc1cccc(CC(=O)N2CCCC(C(NC(C)=O)c3ccccn3)C2)c1. The molecule has 2 heterocycles. The van der Waals surface area contributed by atoms with Crippen LogP contribution in [0.25, 0.3) is 0 Å². The summed E-state index contributed by atoms with van der Waals surface area (Å²) in [6.07, 6.45) is 3.94. The lowest BCUT2D eigenvalue weighted by Crippen LogP contribution is -2.45. The lowest BCUT2D eigenvalue weighted by Gasteiger charge is -2.37. The molecule has 1 aliphatic rings. The number of aromatic nitrogens is 1. The van der Waals surface area contributed by atoms with Crippen LogP contribution in [-0.4, -0.2) is 41.9 Å². The number of likely N-dealkylation sites (tertiary alicyclic amines) is 1. The number of rotatable bonds is 6. The van der Waals surface area contributed by atoms with Gasteiger partial charge in [-0.3, -0.25) is 14.6 Å². The second kappa shape index (κ2) is 9.35. The van der Waals surface area contributed by atoms with E-state index in [0.717, 1.165) is 36.4 Å². The van der Waals surface area contributed by atoms with Crippen molar-refractivity contribution in [3.63, 3.8) is 0 Å². The predicted octanol–water partition coefficient (Wildman–Crippen LogP) is 2.75. The summed E-state index contributed by atoms with van der Waals surface area (Å²) in [6, 6.07) is 13.1. The van der Waals surface area contributed by atoms with Gasteiger partial charge in [-0.15, -0.1) is 0 Å². The highest BCUT2D eigenvalue weighted by atomic mass is 16.5. The molecule has 1 fully saturated rings. The number of nitrogens with one attached hydrogen (secondary N) is 1. The van der Waals surface area contributed by atoms with Crippen LogP contribution in [0, 0.1) is 5.92 Å². The maximum absolute atomic E-state index is 12.9. The first-order chi connectivity index (χ1) is 13.6. The van der Waals surface area contributed by atoms with Gasteiger partial charge >= 0.3 is 0 Å². The second-order valence-electron chi connectivity index (χ2n) is 7.20. The third kappa shape index (κ3) is 5.09. The van der Waals surface area contributed by atoms with E-state index in [-0.39, 0.29) is 23.8 Å². The van der Waals surface area contributed by atoms with E-state index in [9.17, 15) is 9.59 Å². The second-order valence-corrected chi connectivity index (χ2v) is 7.20. The van der Waals surface area contributed by atoms with E-state index in [4.69, 9.17) is 4.74 Å². The largest absolute Gasteiger partial charge is 0.497 e. The molecule has 1 N–H and O–H groups in total. The fourth-order valence-corrected chi connectivity index (χ4v) is 3.79. The first-order valence-electron chi connectivity index (χ1n) is 9.65. The average molecular weight is 381 g/mol. The lowest BCUT2D eigenvalue weighted by molar-refractivity contribution is -0.132. The number of carbonyl (C=O) groups excluding carboxylic acids is 2. The Morgan fingerprint density at radius 2 is 2.14 bits per heavy atom. The molecule has 0 saturated carbocycles. The summed E-state index contributed by atoms with van der Waals surface area (Å²) in [5, 5.41) is 3.03. The maximum Gasteiger partial charge on any atom is 0.227 e. The normalized spacial score (nSPS) is 17.6. The quantitative estimate of drug-likeness (QED) is 0.835. The minimum absolute atomic E-state index is 0.0875. The molecule has 1 saturated heterocycles. The van der Waals surface area contributed by atoms with Crippen LogP contribution in [-0.2, 0) is 16.0 Å². The van der Waals surface area contributed by atoms with Crippen LogP contribution in [0.5, 0.6) is 5.75 Å². The maximum atomic E-state index is 12.9. The fraction of sp³-hybridized carbons (Fsp3) is 0.409. The number of carbonyl (C=O) groups is 2. The van der Waals surface area contributed by atoms with Gasteiger partial charge in [-0.25, -0.2) is 0 Å². The standard InChI is InChI=1S/C22H27N3O3/c1-16(26)24-22(20-10-3-4-11-23-20)18-8-6-12-25(15-18)21(27)14-17-7-5-9-19(13-17)28-2/h3-5,7,9-11,13,18,22H,6,8,12,14-15H2,1-2H3,(H,24,26). The molecule has 1 aromatic carbocycles. The molecule has 2 atom stereocenters. The van der Waals surface area contributed by atoms with E-state index in [0.29, 0.717) is 13.0 Å². The molecule has 6 heteroatoms. The lowest BCUT2D eigenvalue weighted by atomic mass is 9.88. The number of piperidine rings is 1. The molecule has 1 aromatic heterocycles. The molecular weight excluding hydrogens is 354 g/mol. The van der Waals surface area contributed by atoms with Crippen molar-refractivity contribution < 1.29 is 14.3 Å². The van der Waals surface area contributed by atoms with Crippen LogP contribution in [0.1, 0.15) is 37.1 Å². The minimum Gasteiger partial charge on any atom is -0.497 e. The van der Waals surface area contributed by atoms with Crippen LogP contribution in [0.15, 0.2) is 48.7 Å². The molecule has 2 unspecified atom stereocenters. The van der Waals surface area contributed by atoms with Crippen molar-refractivity contribution in [3.05, 3.63) is 59.9 Å². The van der Waals surface area contributed by atoms with Crippen molar-refractivity contribution in [2.75, 3.05) is 20.2 Å². The third-order valence-electron chi connectivity index (χ3n) is 5.14. The van der Waals surface area contributed by atoms with Crippen molar-refractivity contribution >= 4 is 11.8 Å². The van der Waals surface area contributed by atoms with Gasteiger partial charge < -0.3 is 15.0 Å². The topological polar surface area (TPSA) is 71.5 Å². The van der Waals surface area contributed by atoms with Gasteiger partial charge in [0.05, 0.1) is 25.3 Å². The molecule has 0 spiro atoms. The number of ether oxygens (including phenoxy) is 1. The van der Waals surface area contributed by atoms with Crippen molar-refractivity contribution in [1.29, 1.82) is 0 Å². The smallest absolute Gasteiger partial charge is 0.227 e. The number of hydrogen-bond donors (Lipinski definition) is 1. The summed E-state index contributed by atoms with van der Waals surface area (Å²) in [5.74, 6) is 0.903. The third-order valence-corrected chi connectivity index (χ3v) is 5.14. The number of amides is 2. The first kappa shape index (κ1) is 19.9. The molecule has 148 valence electrons. The summed E-state index contributed by atoms with van der Waals surface area (Å²) in [7, 11) is 1.62. The van der Waals surface area contributed by atoms with E-state index in [2.05, 4.69) is 10.3 Å². The Hall–Kier alpha value is -2.89. The van der Waals surface area contributed by atoms with Crippen LogP contribution in [0.2, 0.25) is 0 Å². The average Bonchev–Trinajstić information content (AvgIpc) is 2.72. The molecule has 1 aliphatic heterocycles. The number of hydrogen-bond acceptors (Lipinski definition) is 4. The molecule has 2 amide bonds. The number of benzene rings is 1. The summed E-state index contributed by atoms with van der Waals surface area (Å²) >= 11 is 0. The predicted molar refractivity (Wildman–Crippen MR) is 107 cm³/mol. The Morgan fingerprint density at radius 3 is 2.86 bits per heavy atom. The van der Waals surface area contributed by atoms with Gasteiger partial charge in [-0.2, -0.15) is 0 Å². The van der Waals surface area contributed by atoms with E-state index in [1.165, 1.54) is 6.92 Å². The molecule has 0 radical (unpaired) electrons. The Balaban J connectivity index is 1.70. The Bertz CT molecular complexity index is 810. The van der Waals surface area contributed by atoms with Crippen molar-refractivity contribution in [2.45, 2.75) is 32.2 Å². The van der Waals surface area contributed by atoms with Gasteiger partial charge in [0.1, 0.15) is 5.75 Å². The van der Waals surface area contributed by atoms with Crippen molar-refractivity contribution in [3.8, 4) is 5.75 Å². The van der Waals surface area contributed by atoms with Crippen LogP contribution < -0.4 is 10.1 Å². The van der Waals surface area contributed by atoms with Gasteiger partial charge in [0.25, 0.3) is 0 Å². The minimum atomic E-state index is -0.189. The van der Waals surface area contributed by atoms with E-state index in [1.54, 1.807) is 13.3 Å². The Morgan fingerprint density at radius 1 is 1.29 bits per heavy atom. The first-order valence-corrected chi connectivity index (χ1v) is 9.65. The van der Waals surface area contributed by atoms with E-state index >= 15 is 0 Å². The molecular formula is C22H27N3O3. The summed E-state index contributed by atoms with van der Waals surface area (Å²) in [5.41, 5.74) is 1.78. The van der Waals surface area contributed by atoms with Gasteiger partial charge in [0.2, 0.25) is 11.8 Å². The van der Waals surface area contributed by atoms with E-state index < -0.39 is 0 Å². The summed E-state index contributed by atoms with van der Waals surface area (Å²) in [6.45, 7) is 2.88. The van der Waals surface area contributed by atoms with Crippen LogP contribution in [0.3, 0.4) is 0 Å². The van der Waals surface area contributed by atoms with E-state index in [1.807, 2.05) is 47.4 Å². The highest BCUT2D eigenvalue weighted by Gasteiger charge is 2.31. The van der Waals surface area contributed by atoms with Gasteiger partial charge in [0, 0.05) is 32.1 Å². The molecule has 28 heavy (non-hydrogen) atoms. The zero-order chi connectivity index (χ0) is 19.9. The Labute approximate surface area is 165 Å².